The summed E-state index contributed by atoms with van der Waals surface area (Å²) >= 11 is 1.35. The highest BCUT2D eigenvalue weighted by Crippen LogP contribution is 2.42. The second-order valence-electron chi connectivity index (χ2n) is 6.03. The summed E-state index contributed by atoms with van der Waals surface area (Å²) in [6.45, 7) is 0. The molecule has 0 saturated heterocycles. The molecule has 0 radical (unpaired) electrons. The van der Waals surface area contributed by atoms with E-state index in [2.05, 4.69) is 26.1 Å². The molecule has 1 aliphatic carbocycles. The molecule has 2 heterocycles. The lowest BCUT2D eigenvalue weighted by atomic mass is 10.1. The fourth-order valence-electron chi connectivity index (χ4n) is 2.59. The van der Waals surface area contributed by atoms with Gasteiger partial charge in [-0.1, -0.05) is 23.5 Å². The normalized spacial score (nSPS) is 19.4. The van der Waals surface area contributed by atoms with Gasteiger partial charge in [0.25, 0.3) is 5.91 Å². The molecule has 1 atom stereocenters. The van der Waals surface area contributed by atoms with Crippen LogP contribution in [-0.4, -0.2) is 34.0 Å². The summed E-state index contributed by atoms with van der Waals surface area (Å²) in [4.78, 5) is 36.7. The zero-order valence-corrected chi connectivity index (χ0v) is 13.9. The van der Waals surface area contributed by atoms with Crippen molar-refractivity contribution in [2.45, 2.75) is 31.2 Å². The van der Waals surface area contributed by atoms with E-state index in [4.69, 9.17) is 0 Å². The van der Waals surface area contributed by atoms with Crippen molar-refractivity contribution >= 4 is 39.9 Å². The number of nitrogens with one attached hydrogen (secondary N) is 3. The molecule has 4 rings (SSSR count). The van der Waals surface area contributed by atoms with Gasteiger partial charge in [0.15, 0.2) is 0 Å². The number of fused-ring (bicyclic) bond motifs is 1. The first-order chi connectivity index (χ1) is 12.1. The van der Waals surface area contributed by atoms with Crippen molar-refractivity contribution in [3.63, 3.8) is 0 Å². The van der Waals surface area contributed by atoms with E-state index in [0.717, 1.165) is 17.8 Å². The van der Waals surface area contributed by atoms with Crippen molar-refractivity contribution in [3.05, 3.63) is 34.8 Å². The molecule has 2 aliphatic rings. The van der Waals surface area contributed by atoms with Crippen LogP contribution in [0.25, 0.3) is 0 Å². The zero-order chi connectivity index (χ0) is 17.4. The van der Waals surface area contributed by atoms with Gasteiger partial charge in [-0.2, -0.15) is 0 Å². The average Bonchev–Trinajstić information content (AvgIpc) is 3.35. The predicted octanol–water partition coefficient (Wildman–Crippen LogP) is 1.49. The Morgan fingerprint density at radius 2 is 2.04 bits per heavy atom. The number of carbonyl (C=O) groups excluding carboxylic acids is 3. The van der Waals surface area contributed by atoms with Crippen LogP contribution in [0.2, 0.25) is 0 Å². The summed E-state index contributed by atoms with van der Waals surface area (Å²) in [5, 5.41) is 17.2. The van der Waals surface area contributed by atoms with Gasteiger partial charge in [0, 0.05) is 5.92 Å². The van der Waals surface area contributed by atoms with E-state index in [9.17, 15) is 14.4 Å². The Balaban J connectivity index is 1.42. The second kappa shape index (κ2) is 6.25. The number of hydrogen-bond donors (Lipinski definition) is 3. The topological polar surface area (TPSA) is 113 Å². The number of benzene rings is 1. The number of nitrogens with zero attached hydrogens (tertiary/aromatic N) is 2. The Labute approximate surface area is 147 Å². The van der Waals surface area contributed by atoms with Gasteiger partial charge < -0.3 is 16.0 Å². The summed E-state index contributed by atoms with van der Waals surface area (Å²) in [6.07, 6.45) is 2.04. The standard InChI is InChI=1S/C16H15N5O3S/c22-12(19-16-21-20-15(25-16)8-5-6-8)7-11-14(24)17-10-4-2-1-3-9(10)13(23)18-11/h1-4,8,11H,5-7H2,(H,17,24)(H,18,23)(H,19,21,22). The minimum atomic E-state index is -0.948. The Morgan fingerprint density at radius 1 is 1.24 bits per heavy atom. The molecule has 1 aromatic carbocycles. The third-order valence-electron chi connectivity index (χ3n) is 4.05. The third kappa shape index (κ3) is 3.36. The highest BCUT2D eigenvalue weighted by molar-refractivity contribution is 7.15. The largest absolute Gasteiger partial charge is 0.340 e. The van der Waals surface area contributed by atoms with Crippen molar-refractivity contribution in [1.29, 1.82) is 0 Å². The number of carbonyl (C=O) groups is 3. The Kier molecular flexibility index (Phi) is 3.92. The minimum absolute atomic E-state index is 0.177. The molecule has 8 nitrogen and oxygen atoms in total. The molecular weight excluding hydrogens is 342 g/mol. The van der Waals surface area contributed by atoms with E-state index in [0.29, 0.717) is 22.3 Å². The van der Waals surface area contributed by atoms with E-state index in [-0.39, 0.29) is 6.42 Å². The molecule has 2 aromatic rings. The maximum Gasteiger partial charge on any atom is 0.254 e. The van der Waals surface area contributed by atoms with Gasteiger partial charge in [0.1, 0.15) is 11.0 Å². The average molecular weight is 357 g/mol. The molecule has 0 bridgehead atoms. The van der Waals surface area contributed by atoms with Crippen LogP contribution in [-0.2, 0) is 9.59 Å². The van der Waals surface area contributed by atoms with Gasteiger partial charge in [-0.15, -0.1) is 10.2 Å². The molecule has 3 N–H and O–H groups in total. The van der Waals surface area contributed by atoms with Crippen molar-refractivity contribution in [3.8, 4) is 0 Å². The highest BCUT2D eigenvalue weighted by Gasteiger charge is 2.30. The summed E-state index contributed by atoms with van der Waals surface area (Å²) in [5.74, 6) is -0.749. The maximum absolute atomic E-state index is 12.3. The van der Waals surface area contributed by atoms with E-state index in [1.807, 2.05) is 0 Å². The molecular formula is C16H15N5O3S. The maximum atomic E-state index is 12.3. The first-order valence-corrected chi connectivity index (χ1v) is 8.76. The Hall–Kier alpha value is -2.81. The van der Waals surface area contributed by atoms with E-state index >= 15 is 0 Å². The van der Waals surface area contributed by atoms with Gasteiger partial charge in [-0.25, -0.2) is 0 Å². The molecule has 1 aliphatic heterocycles. The van der Waals surface area contributed by atoms with Gasteiger partial charge >= 0.3 is 0 Å². The number of para-hydroxylation sites is 1. The van der Waals surface area contributed by atoms with Crippen molar-refractivity contribution < 1.29 is 14.4 Å². The molecule has 128 valence electrons. The molecule has 1 saturated carbocycles. The van der Waals surface area contributed by atoms with Crippen LogP contribution in [0.15, 0.2) is 24.3 Å². The SMILES string of the molecule is O=C(CC1NC(=O)c2ccccc2NC1=O)Nc1nnc(C2CC2)s1. The smallest absolute Gasteiger partial charge is 0.254 e. The molecule has 1 aromatic heterocycles. The van der Waals surface area contributed by atoms with Crippen LogP contribution in [0, 0.1) is 0 Å². The van der Waals surface area contributed by atoms with Gasteiger partial charge in [0.2, 0.25) is 16.9 Å². The Morgan fingerprint density at radius 3 is 2.84 bits per heavy atom. The molecule has 25 heavy (non-hydrogen) atoms. The summed E-state index contributed by atoms with van der Waals surface area (Å²) in [5.41, 5.74) is 0.808. The van der Waals surface area contributed by atoms with Crippen LogP contribution in [0.5, 0.6) is 0 Å². The predicted molar refractivity (Wildman–Crippen MR) is 91.5 cm³/mol. The number of amides is 3. The van der Waals surface area contributed by atoms with E-state index < -0.39 is 23.8 Å². The van der Waals surface area contributed by atoms with Crippen LogP contribution >= 0.6 is 11.3 Å². The summed E-state index contributed by atoms with van der Waals surface area (Å²) < 4.78 is 0. The number of hydrogen-bond acceptors (Lipinski definition) is 6. The van der Waals surface area contributed by atoms with Crippen LogP contribution in [0.1, 0.15) is 40.5 Å². The third-order valence-corrected chi connectivity index (χ3v) is 5.06. The zero-order valence-electron chi connectivity index (χ0n) is 13.1. The second-order valence-corrected chi connectivity index (χ2v) is 7.04. The molecule has 9 heteroatoms. The number of rotatable bonds is 4. The fourth-order valence-corrected chi connectivity index (χ4v) is 3.52. The first kappa shape index (κ1) is 15.7. The molecule has 0 spiro atoms. The number of anilines is 2. The van der Waals surface area contributed by atoms with Crippen LogP contribution < -0.4 is 16.0 Å². The summed E-state index contributed by atoms with van der Waals surface area (Å²) in [7, 11) is 0. The van der Waals surface area contributed by atoms with Crippen LogP contribution in [0.4, 0.5) is 10.8 Å². The highest BCUT2D eigenvalue weighted by atomic mass is 32.1. The Bertz CT molecular complexity index is 861. The first-order valence-electron chi connectivity index (χ1n) is 7.94. The van der Waals surface area contributed by atoms with Gasteiger partial charge in [-0.3, -0.25) is 14.4 Å². The lowest BCUT2D eigenvalue weighted by Gasteiger charge is -2.13. The quantitative estimate of drug-likeness (QED) is 0.767. The lowest BCUT2D eigenvalue weighted by Crippen LogP contribution is -2.43. The monoisotopic (exact) mass is 357 g/mol. The van der Waals surface area contributed by atoms with E-state index in [1.54, 1.807) is 24.3 Å². The molecule has 1 fully saturated rings. The van der Waals surface area contributed by atoms with Crippen molar-refractivity contribution in [2.75, 3.05) is 10.6 Å². The van der Waals surface area contributed by atoms with Gasteiger partial charge in [0.05, 0.1) is 17.7 Å². The fraction of sp³-hybridized carbons (Fsp3) is 0.312. The molecule has 3 amide bonds. The van der Waals surface area contributed by atoms with E-state index in [1.165, 1.54) is 11.3 Å². The van der Waals surface area contributed by atoms with Crippen molar-refractivity contribution in [2.24, 2.45) is 0 Å². The number of aromatic nitrogens is 2. The lowest BCUT2D eigenvalue weighted by molar-refractivity contribution is -0.122. The molecule has 1 unspecified atom stereocenters. The summed E-state index contributed by atoms with van der Waals surface area (Å²) in [6, 6.07) is 5.76. The van der Waals surface area contributed by atoms with Crippen molar-refractivity contribution in [1.82, 2.24) is 15.5 Å². The van der Waals surface area contributed by atoms with Crippen LogP contribution in [0.3, 0.4) is 0 Å². The minimum Gasteiger partial charge on any atom is -0.340 e. The van der Waals surface area contributed by atoms with Gasteiger partial charge in [-0.05, 0) is 25.0 Å².